The Kier molecular flexibility index (Phi) is 4.25. The van der Waals surface area contributed by atoms with Gasteiger partial charge >= 0.3 is 0 Å². The van der Waals surface area contributed by atoms with Crippen LogP contribution in [0.4, 0.5) is 0 Å². The molecule has 5 nitrogen and oxygen atoms in total. The number of hydrogen-bond donors (Lipinski definition) is 4. The first-order chi connectivity index (χ1) is 8.62. The van der Waals surface area contributed by atoms with Crippen LogP contribution in [-0.4, -0.2) is 46.6 Å². The third-order valence-corrected chi connectivity index (χ3v) is 4.64. The summed E-state index contributed by atoms with van der Waals surface area (Å²) < 4.78 is 0. The van der Waals surface area contributed by atoms with Crippen molar-refractivity contribution in [2.24, 2.45) is 17.8 Å². The van der Waals surface area contributed by atoms with Crippen LogP contribution < -0.4 is 5.32 Å². The first-order valence-corrected chi connectivity index (χ1v) is 6.76. The van der Waals surface area contributed by atoms with Crippen LogP contribution in [0.5, 0.6) is 0 Å². The van der Waals surface area contributed by atoms with Crippen LogP contribution in [0, 0.1) is 17.8 Å². The minimum atomic E-state index is -1.28. The highest BCUT2D eigenvalue weighted by molar-refractivity contribution is 5.77. The smallest absolute Gasteiger partial charge is 0.220 e. The van der Waals surface area contributed by atoms with Gasteiger partial charge in [0.05, 0.1) is 19.8 Å². The Hall–Kier alpha value is -0.650. The number of amides is 1. The molecule has 2 aliphatic rings. The lowest BCUT2D eigenvalue weighted by Gasteiger charge is -2.30. The monoisotopic (exact) mass is 257 g/mol. The molecule has 0 aliphatic heterocycles. The first-order valence-electron chi connectivity index (χ1n) is 6.76. The molecule has 5 heteroatoms. The van der Waals surface area contributed by atoms with Crippen molar-refractivity contribution in [2.75, 3.05) is 19.8 Å². The van der Waals surface area contributed by atoms with Crippen molar-refractivity contribution < 1.29 is 20.1 Å². The van der Waals surface area contributed by atoms with E-state index < -0.39 is 25.4 Å². The Balaban J connectivity index is 1.85. The second-order valence-corrected chi connectivity index (χ2v) is 5.94. The summed E-state index contributed by atoms with van der Waals surface area (Å²) in [5.74, 6) is 1.74. The lowest BCUT2D eigenvalue weighted by Crippen LogP contribution is -2.57. The predicted octanol–water partition coefficient (Wildman–Crippen LogP) is -0.355. The third kappa shape index (κ3) is 2.68. The summed E-state index contributed by atoms with van der Waals surface area (Å²) in [6.07, 6.45) is 5.36. The average Bonchev–Trinajstić information content (AvgIpc) is 2.98. The van der Waals surface area contributed by atoms with Crippen LogP contribution in [0.2, 0.25) is 0 Å². The molecule has 0 saturated heterocycles. The molecule has 104 valence electrons. The Morgan fingerprint density at radius 3 is 2.22 bits per heavy atom. The lowest BCUT2D eigenvalue weighted by molar-refractivity contribution is -0.126. The minimum Gasteiger partial charge on any atom is -0.394 e. The average molecular weight is 257 g/mol. The molecular weight excluding hydrogens is 234 g/mol. The van der Waals surface area contributed by atoms with E-state index in [0.29, 0.717) is 18.3 Å². The van der Waals surface area contributed by atoms with Crippen LogP contribution in [0.15, 0.2) is 0 Å². The van der Waals surface area contributed by atoms with Gasteiger partial charge in [-0.05, 0) is 37.0 Å². The van der Waals surface area contributed by atoms with Gasteiger partial charge in [0.1, 0.15) is 5.54 Å². The number of carbonyl (C=O) groups is 1. The molecule has 4 N–H and O–H groups in total. The van der Waals surface area contributed by atoms with Crippen molar-refractivity contribution in [2.45, 2.75) is 37.6 Å². The Bertz CT molecular complexity index is 295. The molecule has 2 fully saturated rings. The summed E-state index contributed by atoms with van der Waals surface area (Å²) in [5.41, 5.74) is -1.28. The fourth-order valence-electron chi connectivity index (χ4n) is 3.48. The fourth-order valence-corrected chi connectivity index (χ4v) is 3.48. The Morgan fingerprint density at radius 2 is 1.78 bits per heavy atom. The van der Waals surface area contributed by atoms with Gasteiger partial charge in [-0.1, -0.05) is 6.42 Å². The predicted molar refractivity (Wildman–Crippen MR) is 65.7 cm³/mol. The Labute approximate surface area is 107 Å². The van der Waals surface area contributed by atoms with Crippen LogP contribution in [0.1, 0.15) is 32.1 Å². The SMILES string of the molecule is O=C(CC1CC2CCC1C2)NC(CO)(CO)CO. The highest BCUT2D eigenvalue weighted by atomic mass is 16.3. The molecule has 0 heterocycles. The van der Waals surface area contributed by atoms with E-state index in [9.17, 15) is 4.79 Å². The normalized spacial score (nSPS) is 30.7. The topological polar surface area (TPSA) is 89.8 Å². The largest absolute Gasteiger partial charge is 0.394 e. The number of aliphatic hydroxyl groups is 3. The van der Waals surface area contributed by atoms with Gasteiger partial charge < -0.3 is 20.6 Å². The second kappa shape index (κ2) is 5.55. The van der Waals surface area contributed by atoms with E-state index in [1.807, 2.05) is 0 Å². The van der Waals surface area contributed by atoms with Crippen molar-refractivity contribution in [3.63, 3.8) is 0 Å². The van der Waals surface area contributed by atoms with Crippen molar-refractivity contribution in [3.8, 4) is 0 Å². The highest BCUT2D eigenvalue weighted by Gasteiger charge is 2.41. The molecule has 2 bridgehead atoms. The number of aliphatic hydroxyl groups excluding tert-OH is 3. The van der Waals surface area contributed by atoms with E-state index in [4.69, 9.17) is 15.3 Å². The number of nitrogens with one attached hydrogen (secondary N) is 1. The maximum absolute atomic E-state index is 11.9. The van der Waals surface area contributed by atoms with Crippen molar-refractivity contribution in [1.29, 1.82) is 0 Å². The van der Waals surface area contributed by atoms with Crippen LogP contribution in [0.25, 0.3) is 0 Å². The lowest BCUT2D eigenvalue weighted by atomic mass is 9.86. The van der Waals surface area contributed by atoms with Gasteiger partial charge in [-0.2, -0.15) is 0 Å². The molecule has 0 radical (unpaired) electrons. The molecule has 3 unspecified atom stereocenters. The molecule has 18 heavy (non-hydrogen) atoms. The number of fused-ring (bicyclic) bond motifs is 2. The first kappa shape index (κ1) is 13.8. The van der Waals surface area contributed by atoms with Gasteiger partial charge in [-0.3, -0.25) is 4.79 Å². The van der Waals surface area contributed by atoms with E-state index in [1.54, 1.807) is 0 Å². The summed E-state index contributed by atoms with van der Waals surface area (Å²) in [6, 6.07) is 0. The Morgan fingerprint density at radius 1 is 1.11 bits per heavy atom. The minimum absolute atomic E-state index is 0.176. The third-order valence-electron chi connectivity index (χ3n) is 4.64. The maximum Gasteiger partial charge on any atom is 0.220 e. The van der Waals surface area contributed by atoms with Gasteiger partial charge in [0.25, 0.3) is 0 Å². The van der Waals surface area contributed by atoms with E-state index in [1.165, 1.54) is 19.3 Å². The van der Waals surface area contributed by atoms with E-state index in [-0.39, 0.29) is 5.91 Å². The van der Waals surface area contributed by atoms with E-state index in [0.717, 1.165) is 12.3 Å². The fraction of sp³-hybridized carbons (Fsp3) is 0.923. The van der Waals surface area contributed by atoms with Crippen molar-refractivity contribution >= 4 is 5.91 Å². The molecule has 2 saturated carbocycles. The molecule has 0 spiro atoms. The maximum atomic E-state index is 11.9. The summed E-state index contributed by atoms with van der Waals surface area (Å²) in [7, 11) is 0. The van der Waals surface area contributed by atoms with Crippen molar-refractivity contribution in [1.82, 2.24) is 5.32 Å². The molecule has 3 atom stereocenters. The summed E-state index contributed by atoms with van der Waals surface area (Å²) in [4.78, 5) is 11.9. The summed E-state index contributed by atoms with van der Waals surface area (Å²) in [6.45, 7) is -1.37. The number of hydrogen-bond acceptors (Lipinski definition) is 4. The van der Waals surface area contributed by atoms with Crippen LogP contribution in [-0.2, 0) is 4.79 Å². The number of rotatable bonds is 6. The van der Waals surface area contributed by atoms with Gasteiger partial charge in [-0.25, -0.2) is 0 Å². The standard InChI is InChI=1S/C13H23NO4/c15-6-13(7-16,8-17)14-12(18)5-11-4-9-1-2-10(11)3-9/h9-11,15-17H,1-8H2,(H,14,18). The molecular formula is C13H23NO4. The number of carbonyl (C=O) groups excluding carboxylic acids is 1. The molecule has 0 aromatic rings. The molecule has 0 aromatic carbocycles. The van der Waals surface area contributed by atoms with Gasteiger partial charge in [0.2, 0.25) is 5.91 Å². The van der Waals surface area contributed by atoms with Gasteiger partial charge in [-0.15, -0.1) is 0 Å². The van der Waals surface area contributed by atoms with E-state index >= 15 is 0 Å². The van der Waals surface area contributed by atoms with Gasteiger partial charge in [0.15, 0.2) is 0 Å². The quantitative estimate of drug-likeness (QED) is 0.523. The zero-order valence-corrected chi connectivity index (χ0v) is 10.6. The van der Waals surface area contributed by atoms with Crippen LogP contribution >= 0.6 is 0 Å². The van der Waals surface area contributed by atoms with Gasteiger partial charge in [0, 0.05) is 6.42 Å². The van der Waals surface area contributed by atoms with Crippen molar-refractivity contribution in [3.05, 3.63) is 0 Å². The summed E-state index contributed by atoms with van der Waals surface area (Å²) >= 11 is 0. The zero-order valence-electron chi connectivity index (χ0n) is 10.6. The second-order valence-electron chi connectivity index (χ2n) is 5.94. The molecule has 0 aromatic heterocycles. The zero-order chi connectivity index (χ0) is 13.2. The summed E-state index contributed by atoms with van der Waals surface area (Å²) in [5, 5.41) is 30.0. The van der Waals surface area contributed by atoms with E-state index in [2.05, 4.69) is 5.32 Å². The highest BCUT2D eigenvalue weighted by Crippen LogP contribution is 2.49. The molecule has 2 rings (SSSR count). The van der Waals surface area contributed by atoms with Crippen LogP contribution in [0.3, 0.4) is 0 Å². The molecule has 2 aliphatic carbocycles. The molecule has 1 amide bonds.